The second-order valence-corrected chi connectivity index (χ2v) is 8.03. The minimum atomic E-state index is -3.75. The van der Waals surface area contributed by atoms with Gasteiger partial charge in [0, 0.05) is 19.7 Å². The van der Waals surface area contributed by atoms with Gasteiger partial charge in [0.25, 0.3) is 5.91 Å². The zero-order valence-electron chi connectivity index (χ0n) is 16.3. The van der Waals surface area contributed by atoms with Crippen molar-refractivity contribution in [2.75, 3.05) is 41.5 Å². The van der Waals surface area contributed by atoms with Gasteiger partial charge in [-0.3, -0.25) is 4.79 Å². The first kappa shape index (κ1) is 21.5. The number of hydrogen-bond donors (Lipinski definition) is 1. The van der Waals surface area contributed by atoms with E-state index in [2.05, 4.69) is 5.32 Å². The van der Waals surface area contributed by atoms with Crippen molar-refractivity contribution < 1.29 is 27.4 Å². The summed E-state index contributed by atoms with van der Waals surface area (Å²) in [6.07, 6.45) is 0. The number of sulfonamides is 1. The predicted octanol–water partition coefficient (Wildman–Crippen LogP) is 1.76. The summed E-state index contributed by atoms with van der Waals surface area (Å²) in [5.74, 6) is 0.928. The summed E-state index contributed by atoms with van der Waals surface area (Å²) >= 11 is 0. The van der Waals surface area contributed by atoms with Crippen LogP contribution in [0.1, 0.15) is 10.4 Å². The number of benzene rings is 2. The molecular formula is C19H24N2O6S. The number of carbonyl (C=O) groups excluding carboxylic acids is 1. The van der Waals surface area contributed by atoms with E-state index in [4.69, 9.17) is 14.2 Å². The van der Waals surface area contributed by atoms with Crippen molar-refractivity contribution in [1.29, 1.82) is 0 Å². The van der Waals surface area contributed by atoms with Gasteiger partial charge in [0.2, 0.25) is 10.0 Å². The maximum atomic E-state index is 12.4. The predicted molar refractivity (Wildman–Crippen MR) is 105 cm³/mol. The Labute approximate surface area is 165 Å². The molecule has 9 heteroatoms. The van der Waals surface area contributed by atoms with Crippen LogP contribution < -0.4 is 19.5 Å². The summed E-state index contributed by atoms with van der Waals surface area (Å²) < 4.78 is 41.9. The first-order valence-corrected chi connectivity index (χ1v) is 9.90. The SMILES string of the molecule is COc1ccccc1OCCNC(=O)c1ccc(OC)c(S(=O)(=O)N(C)C)c1. The summed E-state index contributed by atoms with van der Waals surface area (Å²) in [5, 5.41) is 2.70. The molecule has 0 heterocycles. The Bertz CT molecular complexity index is 928. The summed E-state index contributed by atoms with van der Waals surface area (Å²) in [6, 6.07) is 11.4. The van der Waals surface area contributed by atoms with Crippen molar-refractivity contribution in [1.82, 2.24) is 9.62 Å². The lowest BCUT2D eigenvalue weighted by atomic mass is 10.2. The van der Waals surface area contributed by atoms with E-state index < -0.39 is 15.9 Å². The van der Waals surface area contributed by atoms with Gasteiger partial charge >= 0.3 is 0 Å². The number of rotatable bonds is 9. The normalized spacial score (nSPS) is 11.2. The average Bonchev–Trinajstić information content (AvgIpc) is 2.70. The molecule has 0 radical (unpaired) electrons. The van der Waals surface area contributed by atoms with Crippen LogP contribution in [0.15, 0.2) is 47.4 Å². The summed E-state index contributed by atoms with van der Waals surface area (Å²) in [6.45, 7) is 0.462. The van der Waals surface area contributed by atoms with Crippen molar-refractivity contribution >= 4 is 15.9 Å². The van der Waals surface area contributed by atoms with E-state index in [1.165, 1.54) is 39.4 Å². The van der Waals surface area contributed by atoms with Crippen LogP contribution in [0, 0.1) is 0 Å². The second kappa shape index (κ2) is 9.43. The fraction of sp³-hybridized carbons (Fsp3) is 0.316. The monoisotopic (exact) mass is 408 g/mol. The smallest absolute Gasteiger partial charge is 0.251 e. The van der Waals surface area contributed by atoms with E-state index >= 15 is 0 Å². The zero-order chi connectivity index (χ0) is 20.7. The molecule has 28 heavy (non-hydrogen) atoms. The number of para-hydroxylation sites is 2. The molecule has 0 spiro atoms. The van der Waals surface area contributed by atoms with Crippen molar-refractivity contribution in [2.45, 2.75) is 4.90 Å². The summed E-state index contributed by atoms with van der Waals surface area (Å²) in [4.78, 5) is 12.3. The molecule has 0 saturated heterocycles. The highest BCUT2D eigenvalue weighted by Crippen LogP contribution is 2.27. The van der Waals surface area contributed by atoms with Crippen molar-refractivity contribution in [3.8, 4) is 17.2 Å². The number of hydrogen-bond acceptors (Lipinski definition) is 6. The van der Waals surface area contributed by atoms with E-state index in [1.807, 2.05) is 12.1 Å². The topological polar surface area (TPSA) is 94.2 Å². The highest BCUT2D eigenvalue weighted by Gasteiger charge is 2.23. The minimum absolute atomic E-state index is 0.0714. The Hall–Kier alpha value is -2.78. The molecular weight excluding hydrogens is 384 g/mol. The molecule has 0 aromatic heterocycles. The Kier molecular flexibility index (Phi) is 7.24. The van der Waals surface area contributed by atoms with Crippen molar-refractivity contribution in [2.24, 2.45) is 0 Å². The van der Waals surface area contributed by atoms with Crippen molar-refractivity contribution in [3.63, 3.8) is 0 Å². The molecule has 8 nitrogen and oxygen atoms in total. The summed E-state index contributed by atoms with van der Waals surface area (Å²) in [5.41, 5.74) is 0.207. The van der Waals surface area contributed by atoms with Gasteiger partial charge in [0.1, 0.15) is 17.3 Å². The molecule has 2 aromatic rings. The molecule has 0 bridgehead atoms. The van der Waals surface area contributed by atoms with E-state index in [9.17, 15) is 13.2 Å². The molecule has 0 atom stereocenters. The van der Waals surface area contributed by atoms with Crippen LogP contribution in [0.2, 0.25) is 0 Å². The van der Waals surface area contributed by atoms with Gasteiger partial charge in [-0.05, 0) is 30.3 Å². The van der Waals surface area contributed by atoms with Gasteiger partial charge in [0.15, 0.2) is 11.5 Å². The highest BCUT2D eigenvalue weighted by atomic mass is 32.2. The van der Waals surface area contributed by atoms with Gasteiger partial charge in [-0.25, -0.2) is 12.7 Å². The van der Waals surface area contributed by atoms with Gasteiger partial charge in [-0.2, -0.15) is 0 Å². The third kappa shape index (κ3) is 4.93. The fourth-order valence-electron chi connectivity index (χ4n) is 2.38. The van der Waals surface area contributed by atoms with E-state index in [0.29, 0.717) is 11.5 Å². The molecule has 2 rings (SSSR count). The maximum absolute atomic E-state index is 12.4. The standard InChI is InChI=1S/C19H24N2O6S/c1-21(2)28(23,24)18-13-14(9-10-17(18)26-4)19(22)20-11-12-27-16-8-6-5-7-15(16)25-3/h5-10,13H,11-12H2,1-4H3,(H,20,22). The van der Waals surface area contributed by atoms with Crippen molar-refractivity contribution in [3.05, 3.63) is 48.0 Å². The number of nitrogens with one attached hydrogen (secondary N) is 1. The average molecular weight is 408 g/mol. The molecule has 152 valence electrons. The lowest BCUT2D eigenvalue weighted by Crippen LogP contribution is -2.29. The van der Waals surface area contributed by atoms with Crippen LogP contribution in [0.5, 0.6) is 17.2 Å². The molecule has 0 saturated carbocycles. The molecule has 0 aliphatic heterocycles. The van der Waals surface area contributed by atoms with Crippen LogP contribution in [-0.4, -0.2) is 60.1 Å². The summed E-state index contributed by atoms with van der Waals surface area (Å²) in [7, 11) is 1.99. The third-order valence-corrected chi connectivity index (χ3v) is 5.73. The van der Waals surface area contributed by atoms with Gasteiger partial charge in [-0.1, -0.05) is 12.1 Å². The van der Waals surface area contributed by atoms with Gasteiger partial charge in [0.05, 0.1) is 20.8 Å². The molecule has 2 aromatic carbocycles. The molecule has 0 unspecified atom stereocenters. The van der Waals surface area contributed by atoms with E-state index in [0.717, 1.165) is 4.31 Å². The number of ether oxygens (including phenoxy) is 3. The number of amides is 1. The number of carbonyl (C=O) groups is 1. The first-order valence-electron chi connectivity index (χ1n) is 8.46. The van der Waals surface area contributed by atoms with Crippen LogP contribution in [-0.2, 0) is 10.0 Å². The van der Waals surface area contributed by atoms with Crippen LogP contribution in [0.3, 0.4) is 0 Å². The quantitative estimate of drug-likeness (QED) is 0.636. The molecule has 1 N–H and O–H groups in total. The zero-order valence-corrected chi connectivity index (χ0v) is 17.1. The minimum Gasteiger partial charge on any atom is -0.495 e. The Morgan fingerprint density at radius 2 is 1.64 bits per heavy atom. The Morgan fingerprint density at radius 1 is 1.00 bits per heavy atom. The third-order valence-electron chi connectivity index (χ3n) is 3.90. The van der Waals surface area contributed by atoms with Crippen LogP contribution in [0.4, 0.5) is 0 Å². The van der Waals surface area contributed by atoms with Gasteiger partial charge in [-0.15, -0.1) is 0 Å². The number of nitrogens with zero attached hydrogens (tertiary/aromatic N) is 1. The first-order chi connectivity index (χ1) is 13.3. The van der Waals surface area contributed by atoms with Gasteiger partial charge < -0.3 is 19.5 Å². The van der Waals surface area contributed by atoms with Crippen LogP contribution in [0.25, 0.3) is 0 Å². The second-order valence-electron chi connectivity index (χ2n) is 5.91. The number of methoxy groups -OCH3 is 2. The Balaban J connectivity index is 2.04. The largest absolute Gasteiger partial charge is 0.495 e. The van der Waals surface area contributed by atoms with Crippen LogP contribution >= 0.6 is 0 Å². The van der Waals surface area contributed by atoms with E-state index in [-0.39, 0.29) is 29.4 Å². The maximum Gasteiger partial charge on any atom is 0.251 e. The van der Waals surface area contributed by atoms with E-state index in [1.54, 1.807) is 19.2 Å². The molecule has 1 amide bonds. The highest BCUT2D eigenvalue weighted by molar-refractivity contribution is 7.89. The Morgan fingerprint density at radius 3 is 2.25 bits per heavy atom. The lowest BCUT2D eigenvalue weighted by molar-refractivity contribution is 0.0946. The molecule has 0 aliphatic carbocycles. The molecule has 0 aliphatic rings. The fourth-order valence-corrected chi connectivity index (χ4v) is 3.46. The lowest BCUT2D eigenvalue weighted by Gasteiger charge is -2.15. The molecule has 0 fully saturated rings.